The maximum atomic E-state index is 11.6. The molecule has 6 aromatic carbocycles. The van der Waals surface area contributed by atoms with Crippen molar-refractivity contribution in [1.29, 1.82) is 0 Å². The second-order valence-electron chi connectivity index (χ2n) is 12.2. The molecule has 1 heterocycles. The van der Waals surface area contributed by atoms with Crippen molar-refractivity contribution >= 4 is 38.3 Å². The van der Waals surface area contributed by atoms with Crippen LogP contribution < -0.4 is 0 Å². The molecule has 0 saturated carbocycles. The Morgan fingerprint density at radius 3 is 2.13 bits per heavy atom. The largest absolute Gasteiger partial charge is 0.504 e. The molecule has 2 aliphatic rings. The van der Waals surface area contributed by atoms with Gasteiger partial charge in [0, 0.05) is 33.6 Å². The van der Waals surface area contributed by atoms with Gasteiger partial charge in [-0.25, -0.2) is 0 Å². The third kappa shape index (κ3) is 3.90. The molecule has 2 aliphatic carbocycles. The Bertz CT molecular complexity index is 2490. The number of benzene rings is 6. The Kier molecular flexibility index (Phi) is 5.87. The molecule has 9 rings (SSSR count). The van der Waals surface area contributed by atoms with Crippen molar-refractivity contribution in [2.24, 2.45) is 5.92 Å². The van der Waals surface area contributed by atoms with Gasteiger partial charge in [0.25, 0.3) is 0 Å². The van der Waals surface area contributed by atoms with Crippen LogP contribution in [0.2, 0.25) is 0 Å². The molecule has 2 atom stereocenters. The van der Waals surface area contributed by atoms with E-state index in [1.165, 1.54) is 0 Å². The minimum absolute atomic E-state index is 0.00584. The predicted molar refractivity (Wildman–Crippen MR) is 186 cm³/mol. The molecule has 226 valence electrons. The van der Waals surface area contributed by atoms with Crippen LogP contribution >= 0.6 is 0 Å². The Labute approximate surface area is 269 Å². The zero-order valence-corrected chi connectivity index (χ0v) is 25.1. The first-order valence-corrected chi connectivity index (χ1v) is 15.6. The lowest BCUT2D eigenvalue weighted by molar-refractivity contribution is 0.373. The number of allylic oxidation sites excluding steroid dienone is 5. The van der Waals surface area contributed by atoms with Crippen LogP contribution in [0.15, 0.2) is 143 Å². The smallest absolute Gasteiger partial charge is 0.170 e. The first-order chi connectivity index (χ1) is 23.0. The maximum absolute atomic E-state index is 11.6. The summed E-state index contributed by atoms with van der Waals surface area (Å²) in [5, 5.41) is 50.0. The van der Waals surface area contributed by atoms with Crippen LogP contribution in [0.5, 0.6) is 23.0 Å². The minimum Gasteiger partial charge on any atom is -0.504 e. The Morgan fingerprint density at radius 1 is 0.574 bits per heavy atom. The number of phenolic OH excluding ortho intramolecular Hbond substituents is 4. The lowest BCUT2D eigenvalue weighted by atomic mass is 9.66. The standard InChI is InChI=1S/C42H28O5/c43-38-35(24-11-2-1-3-12-24)39(44)41(46)37(40(38)45)36-29-16-8-6-14-27(29)34(28-15-7-9-17-30(28)36)25-19-21-33-32(22-25)31-20-18-23-10-4-5-13-26(23)42(31)47-33/h1-22,27,34,43-46H. The van der Waals surface area contributed by atoms with E-state index >= 15 is 0 Å². The fourth-order valence-corrected chi connectivity index (χ4v) is 7.64. The van der Waals surface area contributed by atoms with Crippen molar-refractivity contribution in [3.05, 3.63) is 161 Å². The quantitative estimate of drug-likeness (QED) is 0.118. The van der Waals surface area contributed by atoms with Gasteiger partial charge in [-0.3, -0.25) is 0 Å². The van der Waals surface area contributed by atoms with Crippen LogP contribution in [-0.2, 0) is 0 Å². The summed E-state index contributed by atoms with van der Waals surface area (Å²) in [4.78, 5) is 0. The number of rotatable bonds is 3. The van der Waals surface area contributed by atoms with Crippen molar-refractivity contribution in [1.82, 2.24) is 0 Å². The van der Waals surface area contributed by atoms with E-state index in [0.717, 1.165) is 55.0 Å². The average Bonchev–Trinajstić information content (AvgIpc) is 3.50. The van der Waals surface area contributed by atoms with Gasteiger partial charge >= 0.3 is 0 Å². The summed E-state index contributed by atoms with van der Waals surface area (Å²) in [6.07, 6.45) is 8.06. The summed E-state index contributed by atoms with van der Waals surface area (Å²) in [6.45, 7) is 0. The molecule has 0 fully saturated rings. The van der Waals surface area contributed by atoms with Crippen LogP contribution in [0.1, 0.15) is 28.2 Å². The third-order valence-electron chi connectivity index (χ3n) is 9.73. The first kappa shape index (κ1) is 27.1. The molecule has 0 amide bonds. The van der Waals surface area contributed by atoms with Crippen molar-refractivity contribution in [2.75, 3.05) is 0 Å². The molecule has 47 heavy (non-hydrogen) atoms. The number of hydrogen-bond donors (Lipinski definition) is 4. The van der Waals surface area contributed by atoms with Crippen LogP contribution in [0.4, 0.5) is 0 Å². The van der Waals surface area contributed by atoms with Crippen LogP contribution in [0.3, 0.4) is 0 Å². The second-order valence-corrected chi connectivity index (χ2v) is 12.2. The highest BCUT2D eigenvalue weighted by Gasteiger charge is 2.38. The molecular formula is C42H28O5. The summed E-state index contributed by atoms with van der Waals surface area (Å²) in [5.74, 6) is -2.24. The molecule has 0 saturated heterocycles. The van der Waals surface area contributed by atoms with Crippen LogP contribution in [0.25, 0.3) is 49.4 Å². The van der Waals surface area contributed by atoms with Gasteiger partial charge in [0.1, 0.15) is 11.2 Å². The zero-order valence-electron chi connectivity index (χ0n) is 25.1. The van der Waals surface area contributed by atoms with E-state index in [0.29, 0.717) is 11.1 Å². The number of phenols is 4. The Balaban J connectivity index is 1.27. The molecule has 7 aromatic rings. The van der Waals surface area contributed by atoms with E-state index in [1.54, 1.807) is 24.3 Å². The van der Waals surface area contributed by atoms with Gasteiger partial charge in [0.05, 0.1) is 11.1 Å². The summed E-state index contributed by atoms with van der Waals surface area (Å²) in [5.41, 5.74) is 6.43. The predicted octanol–water partition coefficient (Wildman–Crippen LogP) is 9.92. The molecular weight excluding hydrogens is 584 g/mol. The number of hydrogen-bond acceptors (Lipinski definition) is 5. The molecule has 0 aliphatic heterocycles. The van der Waals surface area contributed by atoms with Gasteiger partial charge < -0.3 is 24.8 Å². The average molecular weight is 613 g/mol. The number of fused-ring (bicyclic) bond motifs is 7. The highest BCUT2D eigenvalue weighted by molar-refractivity contribution is 6.15. The second kappa shape index (κ2) is 10.2. The summed E-state index contributed by atoms with van der Waals surface area (Å²) < 4.78 is 6.41. The van der Waals surface area contributed by atoms with Gasteiger partial charge in [0.2, 0.25) is 0 Å². The van der Waals surface area contributed by atoms with E-state index in [-0.39, 0.29) is 23.0 Å². The molecule has 4 N–H and O–H groups in total. The van der Waals surface area contributed by atoms with E-state index in [1.807, 2.05) is 60.7 Å². The van der Waals surface area contributed by atoms with Crippen LogP contribution in [-0.4, -0.2) is 20.4 Å². The zero-order chi connectivity index (χ0) is 31.8. The highest BCUT2D eigenvalue weighted by atomic mass is 16.3. The fraction of sp³-hybridized carbons (Fsp3) is 0.0476. The highest BCUT2D eigenvalue weighted by Crippen LogP contribution is 2.58. The minimum atomic E-state index is -0.495. The topological polar surface area (TPSA) is 94.1 Å². The van der Waals surface area contributed by atoms with E-state index in [2.05, 4.69) is 48.5 Å². The molecule has 0 bridgehead atoms. The molecule has 0 radical (unpaired) electrons. The monoisotopic (exact) mass is 612 g/mol. The Hall–Kier alpha value is -6.20. The molecule has 5 heteroatoms. The van der Waals surface area contributed by atoms with Crippen molar-refractivity contribution in [3.63, 3.8) is 0 Å². The third-order valence-corrected chi connectivity index (χ3v) is 9.73. The summed E-state index contributed by atoms with van der Waals surface area (Å²) >= 11 is 0. The van der Waals surface area contributed by atoms with Gasteiger partial charge in [-0.15, -0.1) is 0 Å². The SMILES string of the molecule is Oc1c(O)c(-c2ccccc2)c(O)c(O)c1C1=C2C=CC=CC2C(c2ccc3oc4c5ccccc5ccc4c3c2)c2ccccc21. The Morgan fingerprint density at radius 2 is 1.30 bits per heavy atom. The van der Waals surface area contributed by atoms with Gasteiger partial charge in [0.15, 0.2) is 23.0 Å². The summed E-state index contributed by atoms with van der Waals surface area (Å²) in [6, 6.07) is 35.5. The lowest BCUT2D eigenvalue weighted by Gasteiger charge is -2.37. The summed E-state index contributed by atoms with van der Waals surface area (Å²) in [7, 11) is 0. The fourth-order valence-electron chi connectivity index (χ4n) is 7.64. The number of furan rings is 1. The molecule has 0 spiro atoms. The van der Waals surface area contributed by atoms with Gasteiger partial charge in [-0.1, -0.05) is 115 Å². The normalized spacial score (nSPS) is 17.0. The molecule has 2 unspecified atom stereocenters. The van der Waals surface area contributed by atoms with Gasteiger partial charge in [-0.05, 0) is 51.4 Å². The number of aromatic hydroxyl groups is 4. The molecule has 5 nitrogen and oxygen atoms in total. The van der Waals surface area contributed by atoms with E-state index in [9.17, 15) is 20.4 Å². The van der Waals surface area contributed by atoms with Crippen molar-refractivity contribution in [2.45, 2.75) is 5.92 Å². The van der Waals surface area contributed by atoms with Crippen molar-refractivity contribution in [3.8, 4) is 34.1 Å². The van der Waals surface area contributed by atoms with Gasteiger partial charge in [-0.2, -0.15) is 0 Å². The van der Waals surface area contributed by atoms with E-state index < -0.39 is 23.0 Å². The molecule has 1 aromatic heterocycles. The van der Waals surface area contributed by atoms with E-state index in [4.69, 9.17) is 4.42 Å². The maximum Gasteiger partial charge on any atom is 0.170 e. The van der Waals surface area contributed by atoms with Crippen molar-refractivity contribution < 1.29 is 24.8 Å². The first-order valence-electron chi connectivity index (χ1n) is 15.6. The lowest BCUT2D eigenvalue weighted by Crippen LogP contribution is -2.23. The van der Waals surface area contributed by atoms with Crippen LogP contribution in [0, 0.1) is 5.92 Å².